The van der Waals surface area contributed by atoms with Gasteiger partial charge in [0.1, 0.15) is 46.5 Å². The first-order chi connectivity index (χ1) is 24.4. The van der Waals surface area contributed by atoms with Crippen molar-refractivity contribution in [3.8, 4) is 0 Å². The summed E-state index contributed by atoms with van der Waals surface area (Å²) in [4.78, 5) is 21.4. The van der Waals surface area contributed by atoms with Gasteiger partial charge in [0.25, 0.3) is 5.69 Å². The van der Waals surface area contributed by atoms with Gasteiger partial charge in [-0.05, 0) is 66.7 Å². The highest BCUT2D eigenvalue weighted by Crippen LogP contribution is 2.58. The van der Waals surface area contributed by atoms with E-state index in [1.165, 1.54) is 28.0 Å². The second-order valence-electron chi connectivity index (χ2n) is 11.2. The van der Waals surface area contributed by atoms with Gasteiger partial charge in [-0.1, -0.05) is 97.1 Å². The quantitative estimate of drug-likeness (QED) is 0.0532. The summed E-state index contributed by atoms with van der Waals surface area (Å²) in [6, 6.07) is 48.6. The number of hydrogen-bond acceptors (Lipinski definition) is 7. The molecule has 1 heterocycles. The molecule has 1 aromatic heterocycles. The van der Waals surface area contributed by atoms with E-state index in [0.29, 0.717) is 17.6 Å². The molecule has 0 saturated heterocycles. The van der Waals surface area contributed by atoms with Crippen molar-refractivity contribution in [2.75, 3.05) is 5.43 Å². The van der Waals surface area contributed by atoms with E-state index in [1.54, 1.807) is 12.2 Å². The van der Waals surface area contributed by atoms with E-state index in [9.17, 15) is 20.2 Å². The Morgan fingerprint density at radius 3 is 1.76 bits per heavy atom. The van der Waals surface area contributed by atoms with Gasteiger partial charge in [0.05, 0.1) is 21.6 Å². The average molecular weight is 760 g/mol. The summed E-state index contributed by atoms with van der Waals surface area (Å²) in [5.41, 5.74) is 3.17. The van der Waals surface area contributed by atoms with Crippen LogP contribution in [0.3, 0.4) is 0 Å². The number of hydrogen-bond donors (Lipinski definition) is 1. The molecule has 0 spiro atoms. The lowest BCUT2D eigenvalue weighted by atomic mass is 10.1. The number of non-ortho nitro benzene ring substituents is 1. The number of nitro benzene ring substituents is 2. The minimum absolute atomic E-state index is 0. The van der Waals surface area contributed by atoms with Crippen molar-refractivity contribution < 1.29 is 31.2 Å². The molecule has 0 saturated carbocycles. The Hall–Kier alpha value is -5.96. The molecule has 1 N–H and O–H groups in total. The van der Waals surface area contributed by atoms with Crippen molar-refractivity contribution in [2.24, 2.45) is 5.10 Å². The van der Waals surface area contributed by atoms with E-state index in [2.05, 4.69) is 83.3 Å². The van der Waals surface area contributed by atoms with E-state index < -0.39 is 22.8 Å². The predicted octanol–water partition coefficient (Wildman–Crippen LogP) is 5.68. The molecular formula is C40H32BrN4O5P. The lowest BCUT2D eigenvalue weighted by Crippen LogP contribution is -3.00. The first-order valence-corrected chi connectivity index (χ1v) is 17.7. The number of nitrogens with zero attached hydrogens (tertiary/aromatic N) is 3. The number of nitro groups is 2. The maximum atomic E-state index is 11.6. The highest BCUT2D eigenvalue weighted by Gasteiger charge is 2.46. The SMILES string of the molecule is O=[N+]([O-])c1ccc(NN=C(/C=C\C=C/c2ccc(C[P+](c3ccccc3)(c3ccccc3)c3ccccc3)o2)c2ccccc2)c([N+](=O)[O-])c1.[Br-]. The van der Waals surface area contributed by atoms with Crippen LogP contribution >= 0.6 is 7.26 Å². The lowest BCUT2D eigenvalue weighted by molar-refractivity contribution is -0.393. The number of allylic oxidation sites excluding steroid dienone is 3. The minimum Gasteiger partial charge on any atom is -1.00 e. The topological polar surface area (TPSA) is 124 Å². The number of hydrazone groups is 1. The Balaban J connectivity index is 0.00000504. The highest BCUT2D eigenvalue weighted by molar-refractivity contribution is 7.95. The van der Waals surface area contributed by atoms with Gasteiger partial charge in [-0.3, -0.25) is 25.7 Å². The van der Waals surface area contributed by atoms with Gasteiger partial charge in [-0.25, -0.2) is 0 Å². The molecule has 0 radical (unpaired) electrons. The van der Waals surface area contributed by atoms with Gasteiger partial charge in [-0.2, -0.15) is 5.10 Å². The van der Waals surface area contributed by atoms with Crippen LogP contribution < -0.4 is 38.3 Å². The van der Waals surface area contributed by atoms with Crippen LogP contribution in [0.5, 0.6) is 0 Å². The summed E-state index contributed by atoms with van der Waals surface area (Å²) in [5, 5.41) is 31.0. The van der Waals surface area contributed by atoms with Gasteiger partial charge in [0, 0.05) is 11.6 Å². The molecule has 51 heavy (non-hydrogen) atoms. The Bertz CT molecular complexity index is 2080. The first-order valence-electron chi connectivity index (χ1n) is 15.7. The molecular weight excluding hydrogens is 727 g/mol. The molecule has 254 valence electrons. The van der Waals surface area contributed by atoms with Gasteiger partial charge in [-0.15, -0.1) is 0 Å². The van der Waals surface area contributed by atoms with E-state index in [0.717, 1.165) is 17.4 Å². The third-order valence-corrected chi connectivity index (χ3v) is 12.4. The van der Waals surface area contributed by atoms with E-state index in [1.807, 2.05) is 72.8 Å². The number of rotatable bonds is 13. The van der Waals surface area contributed by atoms with Gasteiger partial charge >= 0.3 is 5.69 Å². The molecule has 6 rings (SSSR count). The molecule has 0 aliphatic rings. The molecule has 0 aliphatic heterocycles. The summed E-state index contributed by atoms with van der Waals surface area (Å²) in [6.45, 7) is 0. The molecule has 6 aromatic rings. The Kier molecular flexibility index (Phi) is 12.2. The predicted molar refractivity (Wildman–Crippen MR) is 202 cm³/mol. The summed E-state index contributed by atoms with van der Waals surface area (Å²) < 4.78 is 6.42. The molecule has 0 aliphatic carbocycles. The summed E-state index contributed by atoms with van der Waals surface area (Å²) in [6.07, 6.45) is 7.97. The number of nitrogens with one attached hydrogen (secondary N) is 1. The van der Waals surface area contributed by atoms with Crippen LogP contribution in [0.15, 0.2) is 179 Å². The molecule has 0 unspecified atom stereocenters. The maximum Gasteiger partial charge on any atom is 0.301 e. The van der Waals surface area contributed by atoms with E-state index >= 15 is 0 Å². The first kappa shape index (κ1) is 36.3. The van der Waals surface area contributed by atoms with Crippen LogP contribution in [0, 0.1) is 20.2 Å². The van der Waals surface area contributed by atoms with Crippen LogP contribution in [0.1, 0.15) is 17.1 Å². The molecule has 0 atom stereocenters. The van der Waals surface area contributed by atoms with Crippen LogP contribution in [0.4, 0.5) is 17.1 Å². The van der Waals surface area contributed by atoms with Crippen molar-refractivity contribution in [1.29, 1.82) is 0 Å². The van der Waals surface area contributed by atoms with Crippen molar-refractivity contribution >= 4 is 52.0 Å². The van der Waals surface area contributed by atoms with E-state index in [-0.39, 0.29) is 28.4 Å². The Morgan fingerprint density at radius 1 is 0.686 bits per heavy atom. The van der Waals surface area contributed by atoms with Crippen molar-refractivity contribution in [3.05, 3.63) is 207 Å². The zero-order valence-electron chi connectivity index (χ0n) is 27.2. The third-order valence-electron chi connectivity index (χ3n) is 8.05. The van der Waals surface area contributed by atoms with Crippen LogP contribution in [-0.2, 0) is 6.16 Å². The average Bonchev–Trinajstić information content (AvgIpc) is 3.61. The number of furan rings is 1. The van der Waals surface area contributed by atoms with Crippen LogP contribution in [0.2, 0.25) is 0 Å². The number of anilines is 1. The molecule has 0 fully saturated rings. The minimum atomic E-state index is -2.12. The molecule has 11 heteroatoms. The fourth-order valence-electron chi connectivity index (χ4n) is 5.68. The Morgan fingerprint density at radius 2 is 1.24 bits per heavy atom. The second kappa shape index (κ2) is 17.1. The van der Waals surface area contributed by atoms with Crippen LogP contribution in [-0.4, -0.2) is 15.6 Å². The largest absolute Gasteiger partial charge is 1.00 e. The smallest absolute Gasteiger partial charge is 0.301 e. The van der Waals surface area contributed by atoms with Gasteiger partial charge in [0.2, 0.25) is 0 Å². The van der Waals surface area contributed by atoms with Crippen molar-refractivity contribution in [1.82, 2.24) is 0 Å². The number of halogens is 1. The second-order valence-corrected chi connectivity index (χ2v) is 14.7. The monoisotopic (exact) mass is 758 g/mol. The van der Waals surface area contributed by atoms with Crippen molar-refractivity contribution in [2.45, 2.75) is 6.16 Å². The standard InChI is InChI=1S/C40H32N4O5P.BrH/c45-43(46)32-25-28-39(40(29-32)44(47)48)42-41-38(31-15-5-1-6-16-31)24-14-13-17-33-26-27-34(49-33)30-50(35-18-7-2-8-19-35,36-20-9-3-10-21-36)37-22-11-4-12-23-37;/h1-29,42H,30H2;1H/q+1;/p-1/b17-13-,24-14-,41-38?;. The fraction of sp³-hybridized carbons (Fsp3) is 0.0250. The normalized spacial score (nSPS) is 11.7. The van der Waals surface area contributed by atoms with Gasteiger partial charge < -0.3 is 21.4 Å². The van der Waals surface area contributed by atoms with Crippen molar-refractivity contribution in [3.63, 3.8) is 0 Å². The maximum absolute atomic E-state index is 11.6. The molecule has 0 amide bonds. The Labute approximate surface area is 306 Å². The van der Waals surface area contributed by atoms with Crippen LogP contribution in [0.25, 0.3) is 6.08 Å². The molecule has 9 nitrogen and oxygen atoms in total. The molecule has 5 aromatic carbocycles. The van der Waals surface area contributed by atoms with Gasteiger partial charge in [0.15, 0.2) is 0 Å². The third kappa shape index (κ3) is 8.62. The summed E-state index contributed by atoms with van der Waals surface area (Å²) >= 11 is 0. The zero-order valence-corrected chi connectivity index (χ0v) is 29.6. The summed E-state index contributed by atoms with van der Waals surface area (Å²) in [7, 11) is -2.12. The van der Waals surface area contributed by atoms with E-state index in [4.69, 9.17) is 4.42 Å². The zero-order chi connectivity index (χ0) is 34.8. The number of benzene rings is 5. The fourth-order valence-corrected chi connectivity index (χ4v) is 9.80. The lowest BCUT2D eigenvalue weighted by Gasteiger charge is -2.26. The summed E-state index contributed by atoms with van der Waals surface area (Å²) in [5.74, 6) is 1.56. The molecule has 0 bridgehead atoms. The highest BCUT2D eigenvalue weighted by atomic mass is 79.9.